The van der Waals surface area contributed by atoms with E-state index in [1.807, 2.05) is 20.9 Å². The highest BCUT2D eigenvalue weighted by molar-refractivity contribution is 5.49. The Labute approximate surface area is 173 Å². The second-order valence-corrected chi connectivity index (χ2v) is 7.21. The van der Waals surface area contributed by atoms with Crippen molar-refractivity contribution in [1.29, 1.82) is 0 Å². The van der Waals surface area contributed by atoms with E-state index in [9.17, 15) is 0 Å². The molecule has 0 radical (unpaired) electrons. The topological polar surface area (TPSA) is 36.1 Å². The number of allylic oxidation sites excluding steroid dienone is 1. The van der Waals surface area contributed by atoms with E-state index in [0.717, 1.165) is 29.9 Å². The summed E-state index contributed by atoms with van der Waals surface area (Å²) < 4.78 is 0. The molecule has 1 aromatic carbocycles. The molecule has 1 rings (SSSR count). The van der Waals surface area contributed by atoms with Gasteiger partial charge in [-0.25, -0.2) is 0 Å². The quantitative estimate of drug-likeness (QED) is 0.408. The number of likely N-dealkylation sites (N-methyl/N-ethyl adjacent to an activating group) is 1. The molecule has 0 aliphatic rings. The van der Waals surface area contributed by atoms with Crippen molar-refractivity contribution >= 4 is 5.69 Å². The summed E-state index contributed by atoms with van der Waals surface area (Å²) in [5, 5.41) is 10.1. The van der Waals surface area contributed by atoms with Crippen molar-refractivity contribution < 1.29 is 0 Å². The third-order valence-electron chi connectivity index (χ3n) is 4.63. The molecule has 0 amide bonds. The van der Waals surface area contributed by atoms with Crippen LogP contribution < -0.4 is 16.0 Å². The zero-order chi connectivity index (χ0) is 21.7. The van der Waals surface area contributed by atoms with E-state index in [4.69, 9.17) is 0 Å². The number of rotatable bonds is 11. The lowest BCUT2D eigenvalue weighted by Crippen LogP contribution is -2.41. The van der Waals surface area contributed by atoms with Crippen molar-refractivity contribution in [3.05, 3.63) is 72.3 Å². The van der Waals surface area contributed by atoms with Gasteiger partial charge in [-0.15, -0.1) is 5.73 Å². The highest BCUT2D eigenvalue weighted by atomic mass is 15.0. The summed E-state index contributed by atoms with van der Waals surface area (Å²) in [6, 6.07) is 8.81. The van der Waals surface area contributed by atoms with Crippen LogP contribution in [0.3, 0.4) is 0 Å². The van der Waals surface area contributed by atoms with E-state index in [-0.39, 0.29) is 12.1 Å². The van der Waals surface area contributed by atoms with Crippen LogP contribution in [0.4, 0.5) is 5.69 Å². The lowest BCUT2D eigenvalue weighted by Gasteiger charge is -2.28. The highest BCUT2D eigenvalue weighted by Crippen LogP contribution is 2.16. The van der Waals surface area contributed by atoms with Crippen molar-refractivity contribution in [1.82, 2.24) is 10.6 Å². The van der Waals surface area contributed by atoms with Crippen molar-refractivity contribution in [3.63, 3.8) is 0 Å². The Hall–Kier alpha value is -2.22. The lowest BCUT2D eigenvalue weighted by molar-refractivity contribution is 0.448. The summed E-state index contributed by atoms with van der Waals surface area (Å²) in [4.78, 5) is 0. The summed E-state index contributed by atoms with van der Waals surface area (Å²) in [7, 11) is 1.96. The van der Waals surface area contributed by atoms with Gasteiger partial charge in [0.05, 0.1) is 6.04 Å². The van der Waals surface area contributed by atoms with Gasteiger partial charge in [-0.1, -0.05) is 59.6 Å². The number of hydrogen-bond acceptors (Lipinski definition) is 3. The average molecular weight is 384 g/mol. The van der Waals surface area contributed by atoms with Crippen LogP contribution in [0.25, 0.3) is 0 Å². The minimum atomic E-state index is 0.0807. The average Bonchev–Trinajstić information content (AvgIpc) is 2.68. The molecule has 2 unspecified atom stereocenters. The minimum absolute atomic E-state index is 0.0807. The van der Waals surface area contributed by atoms with Crippen LogP contribution in [-0.2, 0) is 6.42 Å². The van der Waals surface area contributed by atoms with Crippen LogP contribution in [0.5, 0.6) is 0 Å². The van der Waals surface area contributed by atoms with E-state index in [2.05, 4.69) is 93.4 Å². The normalized spacial score (nSPS) is 12.1. The smallest absolute Gasteiger partial charge is 0.0626 e. The number of benzene rings is 1. The zero-order valence-electron chi connectivity index (χ0n) is 19.1. The SMILES string of the molecule is C=C=C(C)CCc1ccc(NC(=C)C(C)NC(=C)C(NC)C(C)C)cc1.CC. The van der Waals surface area contributed by atoms with Gasteiger partial charge in [-0.3, -0.25) is 0 Å². The molecule has 0 bridgehead atoms. The molecule has 3 nitrogen and oxygen atoms in total. The lowest BCUT2D eigenvalue weighted by atomic mass is 10.0. The molecule has 3 N–H and O–H groups in total. The van der Waals surface area contributed by atoms with Gasteiger partial charge in [0.15, 0.2) is 0 Å². The Morgan fingerprint density at radius 2 is 1.61 bits per heavy atom. The number of nitrogens with one attached hydrogen (secondary N) is 3. The second kappa shape index (κ2) is 13.9. The maximum atomic E-state index is 4.18. The molecule has 1 aromatic rings. The second-order valence-electron chi connectivity index (χ2n) is 7.21. The first kappa shape index (κ1) is 25.8. The van der Waals surface area contributed by atoms with Crippen molar-refractivity contribution in [3.8, 4) is 0 Å². The molecule has 0 fully saturated rings. The molecular formula is C25H41N3. The van der Waals surface area contributed by atoms with E-state index in [0.29, 0.717) is 5.92 Å². The van der Waals surface area contributed by atoms with E-state index >= 15 is 0 Å². The Kier molecular flexibility index (Phi) is 12.8. The number of anilines is 1. The zero-order valence-corrected chi connectivity index (χ0v) is 19.1. The van der Waals surface area contributed by atoms with Gasteiger partial charge < -0.3 is 16.0 Å². The van der Waals surface area contributed by atoms with Gasteiger partial charge in [-0.05, 0) is 62.9 Å². The molecule has 0 heterocycles. The molecule has 0 saturated heterocycles. The third-order valence-corrected chi connectivity index (χ3v) is 4.63. The monoisotopic (exact) mass is 383 g/mol. The fourth-order valence-corrected chi connectivity index (χ4v) is 2.83. The first-order chi connectivity index (χ1) is 13.3. The van der Waals surface area contributed by atoms with Gasteiger partial charge in [0.25, 0.3) is 0 Å². The van der Waals surface area contributed by atoms with Gasteiger partial charge in [0.1, 0.15) is 0 Å². The van der Waals surface area contributed by atoms with E-state index < -0.39 is 0 Å². The van der Waals surface area contributed by atoms with Crippen LogP contribution in [0.1, 0.15) is 53.5 Å². The fraction of sp³-hybridized carbons (Fsp3) is 0.480. The predicted molar refractivity (Wildman–Crippen MR) is 127 cm³/mol. The molecular weight excluding hydrogens is 342 g/mol. The first-order valence-corrected chi connectivity index (χ1v) is 10.3. The van der Waals surface area contributed by atoms with Crippen LogP contribution in [0.2, 0.25) is 0 Å². The summed E-state index contributed by atoms with van der Waals surface area (Å²) in [6.45, 7) is 24.5. The molecule has 0 spiro atoms. The Morgan fingerprint density at radius 3 is 2.07 bits per heavy atom. The Balaban J connectivity index is 0.00000352. The van der Waals surface area contributed by atoms with Crippen molar-refractivity contribution in [2.45, 2.75) is 66.5 Å². The molecule has 3 heteroatoms. The molecule has 0 aliphatic heterocycles. The fourth-order valence-electron chi connectivity index (χ4n) is 2.83. The number of hydrogen-bond donors (Lipinski definition) is 3. The summed E-state index contributed by atoms with van der Waals surface area (Å²) in [5.41, 5.74) is 8.40. The van der Waals surface area contributed by atoms with Crippen molar-refractivity contribution in [2.24, 2.45) is 5.92 Å². The maximum absolute atomic E-state index is 4.18. The summed E-state index contributed by atoms with van der Waals surface area (Å²) in [5.74, 6) is 0.473. The molecule has 0 saturated carbocycles. The standard InChI is InChI=1S/C23H35N3.C2H6/c1-9-17(4)10-11-21-12-14-22(15-13-21)26-19(6)18(5)25-20(7)23(24-8)16(2)3;1-2/h12-16,18,23-26H,1,6-7,10-11H2,2-5,8H3;1-2H3. The van der Waals surface area contributed by atoms with Crippen LogP contribution in [-0.4, -0.2) is 19.1 Å². The first-order valence-electron chi connectivity index (χ1n) is 10.3. The largest absolute Gasteiger partial charge is 0.380 e. The van der Waals surface area contributed by atoms with E-state index in [1.165, 1.54) is 11.1 Å². The Bertz CT molecular complexity index is 649. The Morgan fingerprint density at radius 1 is 1.04 bits per heavy atom. The number of aryl methyl sites for hydroxylation is 1. The van der Waals surface area contributed by atoms with Crippen LogP contribution >= 0.6 is 0 Å². The molecule has 156 valence electrons. The van der Waals surface area contributed by atoms with Crippen molar-refractivity contribution in [2.75, 3.05) is 12.4 Å². The van der Waals surface area contributed by atoms with Crippen LogP contribution in [0.15, 0.2) is 66.7 Å². The third kappa shape index (κ3) is 9.12. The molecule has 2 atom stereocenters. The highest BCUT2D eigenvalue weighted by Gasteiger charge is 2.17. The van der Waals surface area contributed by atoms with Gasteiger partial charge in [0.2, 0.25) is 0 Å². The van der Waals surface area contributed by atoms with Gasteiger partial charge in [0, 0.05) is 23.1 Å². The molecule has 0 aromatic heterocycles. The summed E-state index contributed by atoms with van der Waals surface area (Å²) >= 11 is 0. The van der Waals surface area contributed by atoms with Gasteiger partial charge >= 0.3 is 0 Å². The van der Waals surface area contributed by atoms with Crippen LogP contribution in [0, 0.1) is 5.92 Å². The molecule has 28 heavy (non-hydrogen) atoms. The maximum Gasteiger partial charge on any atom is 0.0626 e. The van der Waals surface area contributed by atoms with Gasteiger partial charge in [-0.2, -0.15) is 0 Å². The minimum Gasteiger partial charge on any atom is -0.380 e. The van der Waals surface area contributed by atoms with E-state index in [1.54, 1.807) is 0 Å². The molecule has 0 aliphatic carbocycles. The summed E-state index contributed by atoms with van der Waals surface area (Å²) in [6.07, 6.45) is 2.00. The predicted octanol–water partition coefficient (Wildman–Crippen LogP) is 6.04.